The van der Waals surface area contributed by atoms with Crippen molar-refractivity contribution in [2.45, 2.75) is 15.2 Å². The zero-order valence-electron chi connectivity index (χ0n) is 6.51. The normalized spacial score (nSPS) is 10.5. The van der Waals surface area contributed by atoms with Crippen molar-refractivity contribution in [2.24, 2.45) is 0 Å². The summed E-state index contributed by atoms with van der Waals surface area (Å²) in [4.78, 5) is 0.979. The van der Waals surface area contributed by atoms with Crippen LogP contribution in [-0.4, -0.2) is 15.3 Å². The zero-order chi connectivity index (χ0) is 9.10. The Balaban J connectivity index is 2.10. The fraction of sp³-hybridized carbons (Fsp3) is 0.143. The molecule has 0 spiro atoms. The predicted octanol–water partition coefficient (Wildman–Crippen LogP) is 2.24. The Morgan fingerprint density at radius 3 is 3.00 bits per heavy atom. The van der Waals surface area contributed by atoms with Gasteiger partial charge in [-0.15, -0.1) is 21.5 Å². The van der Waals surface area contributed by atoms with E-state index in [4.69, 9.17) is 5.11 Å². The molecule has 0 amide bonds. The second kappa shape index (κ2) is 4.19. The lowest BCUT2D eigenvalue weighted by atomic mass is 10.5. The maximum Gasteiger partial charge on any atom is 0.179 e. The summed E-state index contributed by atoms with van der Waals surface area (Å²) < 4.78 is 2.08. The highest BCUT2D eigenvalue weighted by Crippen LogP contribution is 2.33. The summed E-state index contributed by atoms with van der Waals surface area (Å²) in [6, 6.07) is 3.91. The fourth-order valence-electron chi connectivity index (χ4n) is 0.792. The van der Waals surface area contributed by atoms with Gasteiger partial charge in [0.1, 0.15) is 5.51 Å². The second-order valence-corrected chi connectivity index (χ2v) is 5.73. The Kier molecular flexibility index (Phi) is 2.94. The average Bonchev–Trinajstić information content (AvgIpc) is 2.76. The van der Waals surface area contributed by atoms with E-state index < -0.39 is 0 Å². The first kappa shape index (κ1) is 9.14. The van der Waals surface area contributed by atoms with Gasteiger partial charge in [-0.1, -0.05) is 11.3 Å². The van der Waals surface area contributed by atoms with Gasteiger partial charge < -0.3 is 5.11 Å². The molecule has 3 nitrogen and oxygen atoms in total. The van der Waals surface area contributed by atoms with Crippen molar-refractivity contribution in [1.29, 1.82) is 0 Å². The largest absolute Gasteiger partial charge is 0.391 e. The molecular weight excluding hydrogens is 224 g/mol. The Morgan fingerprint density at radius 1 is 1.46 bits per heavy atom. The van der Waals surface area contributed by atoms with E-state index in [1.807, 2.05) is 12.1 Å². The van der Waals surface area contributed by atoms with Gasteiger partial charge >= 0.3 is 0 Å². The van der Waals surface area contributed by atoms with Crippen LogP contribution in [0.4, 0.5) is 0 Å². The molecule has 0 aliphatic heterocycles. The molecule has 68 valence electrons. The minimum atomic E-state index is 0.112. The highest BCUT2D eigenvalue weighted by Gasteiger charge is 2.03. The lowest BCUT2D eigenvalue weighted by Crippen LogP contribution is -1.70. The lowest BCUT2D eigenvalue weighted by Gasteiger charge is -1.88. The van der Waals surface area contributed by atoms with Crippen LogP contribution in [0.1, 0.15) is 4.88 Å². The van der Waals surface area contributed by atoms with Crippen molar-refractivity contribution in [1.82, 2.24) is 10.2 Å². The van der Waals surface area contributed by atoms with E-state index >= 15 is 0 Å². The Labute approximate surface area is 87.5 Å². The fourth-order valence-corrected chi connectivity index (χ4v) is 3.54. The van der Waals surface area contributed by atoms with Crippen LogP contribution < -0.4 is 0 Å². The molecule has 0 atom stereocenters. The maximum atomic E-state index is 8.85. The molecule has 2 heterocycles. The molecule has 2 aromatic heterocycles. The van der Waals surface area contributed by atoms with Crippen LogP contribution in [0.15, 0.2) is 26.2 Å². The van der Waals surface area contributed by atoms with Gasteiger partial charge in [0, 0.05) is 4.88 Å². The minimum Gasteiger partial charge on any atom is -0.391 e. The van der Waals surface area contributed by atoms with Crippen LogP contribution in [0.3, 0.4) is 0 Å². The van der Waals surface area contributed by atoms with Crippen molar-refractivity contribution in [2.75, 3.05) is 0 Å². The molecule has 0 aromatic carbocycles. The summed E-state index contributed by atoms with van der Waals surface area (Å²) in [5.41, 5.74) is 1.71. The van der Waals surface area contributed by atoms with Crippen molar-refractivity contribution < 1.29 is 5.11 Å². The van der Waals surface area contributed by atoms with Crippen molar-refractivity contribution in [3.63, 3.8) is 0 Å². The molecule has 2 rings (SSSR count). The van der Waals surface area contributed by atoms with Gasteiger partial charge in [-0.2, -0.15) is 0 Å². The summed E-state index contributed by atoms with van der Waals surface area (Å²) >= 11 is 4.69. The number of rotatable bonds is 3. The van der Waals surface area contributed by atoms with E-state index in [0.717, 1.165) is 13.4 Å². The van der Waals surface area contributed by atoms with Crippen molar-refractivity contribution in [3.05, 3.63) is 22.5 Å². The monoisotopic (exact) mass is 230 g/mol. The van der Waals surface area contributed by atoms with E-state index in [9.17, 15) is 0 Å². The molecule has 1 N–H and O–H groups in total. The smallest absolute Gasteiger partial charge is 0.179 e. The summed E-state index contributed by atoms with van der Waals surface area (Å²) in [6.45, 7) is 0.112. The SMILES string of the molecule is OCc1ccc(Sc2nncs2)s1. The summed E-state index contributed by atoms with van der Waals surface area (Å²) in [7, 11) is 0. The number of thiophene rings is 1. The number of aliphatic hydroxyl groups excluding tert-OH is 1. The minimum absolute atomic E-state index is 0.112. The number of aliphatic hydroxyl groups is 1. The molecule has 0 aliphatic rings. The van der Waals surface area contributed by atoms with Gasteiger partial charge in [0.2, 0.25) is 0 Å². The highest BCUT2D eigenvalue weighted by molar-refractivity contribution is 8.02. The second-order valence-electron chi connectivity index (χ2n) is 2.19. The summed E-state index contributed by atoms with van der Waals surface area (Å²) in [6.07, 6.45) is 0. The van der Waals surface area contributed by atoms with Crippen LogP contribution in [0.2, 0.25) is 0 Å². The van der Waals surface area contributed by atoms with E-state index in [2.05, 4.69) is 10.2 Å². The molecule has 13 heavy (non-hydrogen) atoms. The van der Waals surface area contributed by atoms with Gasteiger partial charge in [-0.3, -0.25) is 0 Å². The highest BCUT2D eigenvalue weighted by atomic mass is 32.2. The van der Waals surface area contributed by atoms with Gasteiger partial charge in [0.15, 0.2) is 4.34 Å². The Morgan fingerprint density at radius 2 is 2.38 bits per heavy atom. The zero-order valence-corrected chi connectivity index (χ0v) is 8.96. The Bertz CT molecular complexity index is 371. The third kappa shape index (κ3) is 2.28. The number of nitrogens with zero attached hydrogens (tertiary/aromatic N) is 2. The van der Waals surface area contributed by atoms with Gasteiger partial charge in [0.25, 0.3) is 0 Å². The molecule has 0 aliphatic carbocycles. The van der Waals surface area contributed by atoms with Crippen LogP contribution in [0, 0.1) is 0 Å². The van der Waals surface area contributed by atoms with Crippen LogP contribution >= 0.6 is 34.4 Å². The first-order chi connectivity index (χ1) is 6.38. The molecule has 0 saturated heterocycles. The maximum absolute atomic E-state index is 8.85. The molecule has 0 saturated carbocycles. The quantitative estimate of drug-likeness (QED) is 0.878. The Hall–Kier alpha value is -0.430. The van der Waals surface area contributed by atoms with E-state index in [1.54, 1.807) is 28.6 Å². The standard InChI is InChI=1S/C7H6N2OS3/c10-3-5-1-2-6(12-5)13-7-9-8-4-11-7/h1-2,4,10H,3H2. The molecule has 0 unspecified atom stereocenters. The third-order valence-corrected chi connectivity index (χ3v) is 4.30. The summed E-state index contributed by atoms with van der Waals surface area (Å²) in [5.74, 6) is 0. The third-order valence-electron chi connectivity index (χ3n) is 1.32. The molecule has 0 fully saturated rings. The number of hydrogen-bond donors (Lipinski definition) is 1. The van der Waals surface area contributed by atoms with Gasteiger partial charge in [-0.05, 0) is 23.9 Å². The molecule has 0 bridgehead atoms. The molecular formula is C7H6N2OS3. The van der Waals surface area contributed by atoms with Crippen LogP contribution in [0.25, 0.3) is 0 Å². The average molecular weight is 230 g/mol. The molecule has 2 aromatic rings. The van der Waals surface area contributed by atoms with E-state index in [0.29, 0.717) is 0 Å². The topological polar surface area (TPSA) is 46.0 Å². The molecule has 0 radical (unpaired) electrons. The lowest BCUT2D eigenvalue weighted by molar-refractivity contribution is 0.285. The first-order valence-electron chi connectivity index (χ1n) is 3.52. The van der Waals surface area contributed by atoms with E-state index in [1.165, 1.54) is 11.3 Å². The van der Waals surface area contributed by atoms with Crippen LogP contribution in [-0.2, 0) is 6.61 Å². The van der Waals surface area contributed by atoms with Crippen molar-refractivity contribution >= 4 is 34.4 Å². The van der Waals surface area contributed by atoms with E-state index in [-0.39, 0.29) is 6.61 Å². The van der Waals surface area contributed by atoms with Crippen LogP contribution in [0.5, 0.6) is 0 Å². The molecule has 6 heteroatoms. The van der Waals surface area contributed by atoms with Gasteiger partial charge in [-0.25, -0.2) is 0 Å². The van der Waals surface area contributed by atoms with Gasteiger partial charge in [0.05, 0.1) is 10.8 Å². The number of aromatic nitrogens is 2. The van der Waals surface area contributed by atoms with Crippen molar-refractivity contribution in [3.8, 4) is 0 Å². The summed E-state index contributed by atoms with van der Waals surface area (Å²) in [5, 5.41) is 16.5. The number of hydrogen-bond acceptors (Lipinski definition) is 6. The predicted molar refractivity (Wildman–Crippen MR) is 54.3 cm³/mol. The first-order valence-corrected chi connectivity index (χ1v) is 6.03.